The van der Waals surface area contributed by atoms with Gasteiger partial charge in [-0.15, -0.1) is 0 Å². The lowest BCUT2D eigenvalue weighted by Crippen LogP contribution is -1.86. The van der Waals surface area contributed by atoms with Crippen LogP contribution in [0.3, 0.4) is 0 Å². The molecule has 0 aromatic heterocycles. The third-order valence-corrected chi connectivity index (χ3v) is 2.31. The zero-order chi connectivity index (χ0) is 8.10. The highest BCUT2D eigenvalue weighted by molar-refractivity contribution is 5.04. The molecule has 64 valence electrons. The van der Waals surface area contributed by atoms with E-state index in [2.05, 4.69) is 19.9 Å². The highest BCUT2D eigenvalue weighted by Crippen LogP contribution is 2.22. The van der Waals surface area contributed by atoms with Crippen molar-refractivity contribution in [1.29, 1.82) is 0 Å². The molecule has 0 aromatic carbocycles. The number of hydrogen-bond acceptors (Lipinski definition) is 0. The molecule has 1 aliphatic rings. The Morgan fingerprint density at radius 2 is 1.55 bits per heavy atom. The Hall–Kier alpha value is -0.260. The standard InChI is InChI=1S/C11H20/c1-10(2)9-11-7-5-3-4-6-8-11/h9-10H,3-8H2,1-2H3. The summed E-state index contributed by atoms with van der Waals surface area (Å²) in [7, 11) is 0. The van der Waals surface area contributed by atoms with Gasteiger partial charge in [0.1, 0.15) is 0 Å². The average Bonchev–Trinajstić information content (AvgIpc) is 2.14. The van der Waals surface area contributed by atoms with Crippen LogP contribution in [0, 0.1) is 5.92 Å². The van der Waals surface area contributed by atoms with E-state index in [1.54, 1.807) is 5.57 Å². The van der Waals surface area contributed by atoms with Crippen molar-refractivity contribution in [3.63, 3.8) is 0 Å². The van der Waals surface area contributed by atoms with Gasteiger partial charge in [-0.05, 0) is 31.6 Å². The second-order valence-electron chi connectivity index (χ2n) is 3.98. The summed E-state index contributed by atoms with van der Waals surface area (Å²) in [5, 5.41) is 0. The van der Waals surface area contributed by atoms with Gasteiger partial charge in [0.15, 0.2) is 0 Å². The van der Waals surface area contributed by atoms with Crippen LogP contribution < -0.4 is 0 Å². The second-order valence-corrected chi connectivity index (χ2v) is 3.98. The summed E-state index contributed by atoms with van der Waals surface area (Å²) >= 11 is 0. The van der Waals surface area contributed by atoms with E-state index < -0.39 is 0 Å². The molecule has 0 heteroatoms. The quantitative estimate of drug-likeness (QED) is 0.394. The van der Waals surface area contributed by atoms with Crippen LogP contribution in [-0.2, 0) is 0 Å². The Labute approximate surface area is 70.7 Å². The first-order valence-corrected chi connectivity index (χ1v) is 4.98. The Morgan fingerprint density at radius 3 is 2.00 bits per heavy atom. The Kier molecular flexibility index (Phi) is 3.68. The van der Waals surface area contributed by atoms with Crippen molar-refractivity contribution in [3.05, 3.63) is 11.6 Å². The second kappa shape index (κ2) is 4.58. The number of hydrogen-bond donors (Lipinski definition) is 0. The maximum atomic E-state index is 2.46. The van der Waals surface area contributed by atoms with Crippen LogP contribution >= 0.6 is 0 Å². The largest absolute Gasteiger partial charge is 0.0828 e. The van der Waals surface area contributed by atoms with Crippen molar-refractivity contribution in [3.8, 4) is 0 Å². The van der Waals surface area contributed by atoms with Gasteiger partial charge >= 0.3 is 0 Å². The maximum Gasteiger partial charge on any atom is -0.0288 e. The van der Waals surface area contributed by atoms with Crippen molar-refractivity contribution < 1.29 is 0 Å². The van der Waals surface area contributed by atoms with Crippen molar-refractivity contribution in [1.82, 2.24) is 0 Å². The van der Waals surface area contributed by atoms with Gasteiger partial charge in [0, 0.05) is 0 Å². The van der Waals surface area contributed by atoms with E-state index in [0.717, 1.165) is 5.92 Å². The molecular formula is C11H20. The summed E-state index contributed by atoms with van der Waals surface area (Å²) in [6, 6.07) is 0. The summed E-state index contributed by atoms with van der Waals surface area (Å²) in [6.45, 7) is 4.55. The fraction of sp³-hybridized carbons (Fsp3) is 0.818. The Balaban J connectivity index is 2.42. The van der Waals surface area contributed by atoms with E-state index in [1.165, 1.54) is 38.5 Å². The van der Waals surface area contributed by atoms with E-state index in [1.807, 2.05) is 0 Å². The SMILES string of the molecule is CC(C)C=C1CCCCCC1. The van der Waals surface area contributed by atoms with E-state index >= 15 is 0 Å². The van der Waals surface area contributed by atoms with Crippen molar-refractivity contribution in [2.24, 2.45) is 5.92 Å². The third-order valence-electron chi connectivity index (χ3n) is 2.31. The smallest absolute Gasteiger partial charge is 0.0288 e. The fourth-order valence-corrected chi connectivity index (χ4v) is 1.82. The van der Waals surface area contributed by atoms with Crippen LogP contribution in [0.15, 0.2) is 11.6 Å². The third kappa shape index (κ3) is 3.60. The molecule has 0 heterocycles. The molecule has 0 N–H and O–H groups in total. The van der Waals surface area contributed by atoms with Gasteiger partial charge in [0.2, 0.25) is 0 Å². The van der Waals surface area contributed by atoms with Crippen LogP contribution in [0.25, 0.3) is 0 Å². The molecule has 0 unspecified atom stereocenters. The van der Waals surface area contributed by atoms with Gasteiger partial charge in [-0.2, -0.15) is 0 Å². The molecule has 1 saturated carbocycles. The Bertz CT molecular complexity index is 121. The van der Waals surface area contributed by atoms with E-state index in [-0.39, 0.29) is 0 Å². The topological polar surface area (TPSA) is 0 Å². The predicted octanol–water partition coefficient (Wildman–Crippen LogP) is 3.92. The highest BCUT2D eigenvalue weighted by atomic mass is 14.1. The van der Waals surface area contributed by atoms with Gasteiger partial charge < -0.3 is 0 Å². The minimum Gasteiger partial charge on any atom is -0.0828 e. The molecule has 0 spiro atoms. The van der Waals surface area contributed by atoms with Gasteiger partial charge in [-0.25, -0.2) is 0 Å². The van der Waals surface area contributed by atoms with Crippen LogP contribution in [0.2, 0.25) is 0 Å². The summed E-state index contributed by atoms with van der Waals surface area (Å²) in [5.41, 5.74) is 1.72. The Morgan fingerprint density at radius 1 is 1.00 bits per heavy atom. The summed E-state index contributed by atoms with van der Waals surface area (Å²) in [6.07, 6.45) is 11.0. The molecule has 0 aliphatic heterocycles. The highest BCUT2D eigenvalue weighted by Gasteiger charge is 2.03. The van der Waals surface area contributed by atoms with Gasteiger partial charge in [0.25, 0.3) is 0 Å². The molecule has 1 fully saturated rings. The minimum absolute atomic E-state index is 0.753. The van der Waals surface area contributed by atoms with E-state index in [0.29, 0.717) is 0 Å². The molecule has 0 amide bonds. The zero-order valence-electron chi connectivity index (χ0n) is 7.90. The maximum absolute atomic E-state index is 2.46. The van der Waals surface area contributed by atoms with Gasteiger partial charge in [-0.1, -0.05) is 38.3 Å². The number of rotatable bonds is 1. The lowest BCUT2D eigenvalue weighted by molar-refractivity contribution is 0.702. The number of allylic oxidation sites excluding steroid dienone is 2. The molecule has 1 rings (SSSR count). The first-order chi connectivity index (χ1) is 5.29. The fourth-order valence-electron chi connectivity index (χ4n) is 1.82. The molecule has 11 heavy (non-hydrogen) atoms. The summed E-state index contributed by atoms with van der Waals surface area (Å²) < 4.78 is 0. The van der Waals surface area contributed by atoms with E-state index in [9.17, 15) is 0 Å². The lowest BCUT2D eigenvalue weighted by Gasteiger charge is -2.03. The normalized spacial score (nSPS) is 20.1. The molecular weight excluding hydrogens is 132 g/mol. The summed E-state index contributed by atoms with van der Waals surface area (Å²) in [4.78, 5) is 0. The molecule has 0 bridgehead atoms. The molecule has 0 atom stereocenters. The van der Waals surface area contributed by atoms with Gasteiger partial charge in [-0.3, -0.25) is 0 Å². The minimum atomic E-state index is 0.753. The molecule has 1 aliphatic carbocycles. The first-order valence-electron chi connectivity index (χ1n) is 4.98. The zero-order valence-corrected chi connectivity index (χ0v) is 7.90. The molecule has 0 aromatic rings. The van der Waals surface area contributed by atoms with E-state index in [4.69, 9.17) is 0 Å². The monoisotopic (exact) mass is 152 g/mol. The average molecular weight is 152 g/mol. The van der Waals surface area contributed by atoms with Crippen LogP contribution in [0.5, 0.6) is 0 Å². The predicted molar refractivity (Wildman–Crippen MR) is 50.6 cm³/mol. The van der Waals surface area contributed by atoms with Crippen molar-refractivity contribution in [2.45, 2.75) is 52.4 Å². The van der Waals surface area contributed by atoms with Crippen molar-refractivity contribution >= 4 is 0 Å². The molecule has 0 radical (unpaired) electrons. The van der Waals surface area contributed by atoms with Crippen LogP contribution in [0.4, 0.5) is 0 Å². The lowest BCUT2D eigenvalue weighted by atomic mass is 10.0. The molecule has 0 nitrogen and oxygen atoms in total. The summed E-state index contributed by atoms with van der Waals surface area (Å²) in [5.74, 6) is 0.753. The van der Waals surface area contributed by atoms with Crippen LogP contribution in [-0.4, -0.2) is 0 Å². The van der Waals surface area contributed by atoms with Crippen molar-refractivity contribution in [2.75, 3.05) is 0 Å². The van der Waals surface area contributed by atoms with Gasteiger partial charge in [0.05, 0.1) is 0 Å². The van der Waals surface area contributed by atoms with Crippen LogP contribution in [0.1, 0.15) is 52.4 Å². The molecule has 0 saturated heterocycles. The first kappa shape index (κ1) is 8.83.